The zero-order valence-corrected chi connectivity index (χ0v) is 18.3. The number of rotatable bonds is 10. The summed E-state index contributed by atoms with van der Waals surface area (Å²) in [5, 5.41) is 3.17. The number of carbonyl (C=O) groups is 1. The van der Waals surface area contributed by atoms with Crippen LogP contribution in [0.1, 0.15) is 15.9 Å². The van der Waals surface area contributed by atoms with E-state index in [1.54, 1.807) is 36.4 Å². The lowest BCUT2D eigenvalue weighted by Gasteiger charge is -2.20. The van der Waals surface area contributed by atoms with Crippen LogP contribution in [0.3, 0.4) is 0 Å². The van der Waals surface area contributed by atoms with Crippen molar-refractivity contribution in [1.82, 2.24) is 5.32 Å². The summed E-state index contributed by atoms with van der Waals surface area (Å²) in [7, 11) is -3.44. The maximum Gasteiger partial charge on any atom is 0.251 e. The predicted octanol–water partition coefficient (Wildman–Crippen LogP) is 4.09. The number of carbonyl (C=O) groups excluding carboxylic acids is 1. The Bertz CT molecular complexity index is 946. The van der Waals surface area contributed by atoms with Gasteiger partial charge in [-0.15, -0.1) is 6.58 Å². The number of anilines is 1. The van der Waals surface area contributed by atoms with Crippen LogP contribution in [0.15, 0.2) is 55.1 Å². The third-order valence-corrected chi connectivity index (χ3v) is 6.45. The number of nitrogens with zero attached hydrogens (tertiary/aromatic N) is 1. The van der Waals surface area contributed by atoms with Crippen molar-refractivity contribution >= 4 is 45.0 Å². The molecule has 1 N–H and O–H groups in total. The molecule has 0 fully saturated rings. The summed E-state index contributed by atoms with van der Waals surface area (Å²) >= 11 is 7.45. The van der Waals surface area contributed by atoms with Gasteiger partial charge in [0.15, 0.2) is 0 Å². The van der Waals surface area contributed by atoms with E-state index in [2.05, 4.69) is 11.9 Å². The topological polar surface area (TPSA) is 66.5 Å². The van der Waals surface area contributed by atoms with Crippen molar-refractivity contribution in [1.29, 1.82) is 0 Å². The standard InChI is InChI=1S/C20H22ClFN2O3S2/c1-3-12-24(29(2,26)27)16-9-7-15(8-10-16)20(25)23-11-13-28-14-17-18(21)5-4-6-19(17)22/h3-10H,1,11-14H2,2H3,(H,23,25). The average molecular weight is 457 g/mol. The molecule has 0 heterocycles. The van der Waals surface area contributed by atoms with Gasteiger partial charge in [0, 0.05) is 34.2 Å². The van der Waals surface area contributed by atoms with E-state index < -0.39 is 10.0 Å². The molecular formula is C20H22ClFN2O3S2. The van der Waals surface area contributed by atoms with Crippen molar-refractivity contribution in [2.24, 2.45) is 0 Å². The number of hydrogen-bond donors (Lipinski definition) is 1. The van der Waals surface area contributed by atoms with Crippen LogP contribution in [-0.2, 0) is 15.8 Å². The first-order chi connectivity index (χ1) is 13.7. The normalized spacial score (nSPS) is 11.1. The number of amides is 1. The molecule has 0 saturated carbocycles. The molecule has 0 radical (unpaired) electrons. The van der Waals surface area contributed by atoms with Crippen molar-refractivity contribution in [3.63, 3.8) is 0 Å². The minimum atomic E-state index is -3.44. The highest BCUT2D eigenvalue weighted by molar-refractivity contribution is 7.98. The molecule has 1 amide bonds. The fraction of sp³-hybridized carbons (Fsp3) is 0.250. The fourth-order valence-corrected chi connectivity index (χ4v) is 4.59. The lowest BCUT2D eigenvalue weighted by atomic mass is 10.2. The fourth-order valence-electron chi connectivity index (χ4n) is 2.51. The molecule has 2 aromatic carbocycles. The summed E-state index contributed by atoms with van der Waals surface area (Å²) in [6.45, 7) is 4.12. The molecule has 29 heavy (non-hydrogen) atoms. The average Bonchev–Trinajstić information content (AvgIpc) is 2.67. The number of benzene rings is 2. The molecule has 0 aromatic heterocycles. The van der Waals surface area contributed by atoms with Gasteiger partial charge in [-0.2, -0.15) is 11.8 Å². The van der Waals surface area contributed by atoms with Crippen LogP contribution in [0.5, 0.6) is 0 Å². The summed E-state index contributed by atoms with van der Waals surface area (Å²) < 4.78 is 38.6. The molecule has 0 bridgehead atoms. The van der Waals surface area contributed by atoms with Crippen molar-refractivity contribution in [3.8, 4) is 0 Å². The van der Waals surface area contributed by atoms with Crippen LogP contribution in [-0.4, -0.2) is 39.4 Å². The van der Waals surface area contributed by atoms with Crippen molar-refractivity contribution in [2.75, 3.05) is 29.4 Å². The van der Waals surface area contributed by atoms with Crippen molar-refractivity contribution in [3.05, 3.63) is 77.1 Å². The molecule has 9 heteroatoms. The highest BCUT2D eigenvalue weighted by Gasteiger charge is 2.16. The first-order valence-electron chi connectivity index (χ1n) is 8.71. The molecule has 2 rings (SSSR count). The van der Waals surface area contributed by atoms with E-state index in [-0.39, 0.29) is 18.3 Å². The Morgan fingerprint density at radius 3 is 2.55 bits per heavy atom. The van der Waals surface area contributed by atoms with E-state index in [1.165, 1.54) is 28.2 Å². The molecule has 5 nitrogen and oxygen atoms in total. The molecule has 0 aliphatic rings. The highest BCUT2D eigenvalue weighted by atomic mass is 35.5. The smallest absolute Gasteiger partial charge is 0.251 e. The maximum atomic E-state index is 13.7. The van der Waals surface area contributed by atoms with Crippen LogP contribution in [0, 0.1) is 5.82 Å². The first-order valence-corrected chi connectivity index (χ1v) is 12.1. The third-order valence-electron chi connectivity index (χ3n) is 3.95. The number of halogens is 2. The lowest BCUT2D eigenvalue weighted by Crippen LogP contribution is -2.30. The van der Waals surface area contributed by atoms with Crippen LogP contribution >= 0.6 is 23.4 Å². The molecule has 0 aliphatic heterocycles. The van der Waals surface area contributed by atoms with Crippen LogP contribution < -0.4 is 9.62 Å². The van der Waals surface area contributed by atoms with Crippen LogP contribution in [0.25, 0.3) is 0 Å². The van der Waals surface area contributed by atoms with Gasteiger partial charge >= 0.3 is 0 Å². The van der Waals surface area contributed by atoms with E-state index in [0.717, 1.165) is 6.26 Å². The number of hydrogen-bond acceptors (Lipinski definition) is 4. The quantitative estimate of drug-likeness (QED) is 0.432. The Kier molecular flexibility index (Phi) is 8.55. The summed E-state index contributed by atoms with van der Waals surface area (Å²) in [5.74, 6) is 0.403. The second kappa shape index (κ2) is 10.7. The van der Waals surface area contributed by atoms with Gasteiger partial charge in [0.05, 0.1) is 18.5 Å². The van der Waals surface area contributed by atoms with E-state index in [0.29, 0.717) is 39.9 Å². The van der Waals surface area contributed by atoms with Gasteiger partial charge in [0.1, 0.15) is 5.82 Å². The maximum absolute atomic E-state index is 13.7. The van der Waals surface area contributed by atoms with Gasteiger partial charge in [-0.1, -0.05) is 23.7 Å². The Hall–Kier alpha value is -2.03. The summed E-state index contributed by atoms with van der Waals surface area (Å²) in [4.78, 5) is 12.2. The number of thioether (sulfide) groups is 1. The predicted molar refractivity (Wildman–Crippen MR) is 119 cm³/mol. The summed E-state index contributed by atoms with van der Waals surface area (Å²) in [6.07, 6.45) is 2.61. The Balaban J connectivity index is 1.86. The molecule has 0 unspecified atom stereocenters. The van der Waals surface area contributed by atoms with Crippen LogP contribution in [0.2, 0.25) is 5.02 Å². The van der Waals surface area contributed by atoms with E-state index >= 15 is 0 Å². The SMILES string of the molecule is C=CCN(c1ccc(C(=O)NCCSCc2c(F)cccc2Cl)cc1)S(C)(=O)=O. The molecule has 0 atom stereocenters. The Morgan fingerprint density at radius 1 is 1.28 bits per heavy atom. The van der Waals surface area contributed by atoms with Gasteiger partial charge in [-0.3, -0.25) is 9.10 Å². The summed E-state index contributed by atoms with van der Waals surface area (Å²) in [5.41, 5.74) is 1.33. The van der Waals surface area contributed by atoms with Gasteiger partial charge in [0.2, 0.25) is 10.0 Å². The molecule has 2 aromatic rings. The second-order valence-corrected chi connectivity index (χ2v) is 9.56. The van der Waals surface area contributed by atoms with E-state index in [9.17, 15) is 17.6 Å². The first kappa shape index (κ1) is 23.3. The molecule has 0 aliphatic carbocycles. The van der Waals surface area contributed by atoms with Gasteiger partial charge < -0.3 is 5.32 Å². The molecule has 156 valence electrons. The molecule has 0 spiro atoms. The van der Waals surface area contributed by atoms with Gasteiger partial charge in [-0.25, -0.2) is 12.8 Å². The minimum absolute atomic E-state index is 0.146. The van der Waals surface area contributed by atoms with Crippen molar-refractivity contribution < 1.29 is 17.6 Å². The van der Waals surface area contributed by atoms with E-state index in [4.69, 9.17) is 11.6 Å². The largest absolute Gasteiger partial charge is 0.351 e. The zero-order valence-electron chi connectivity index (χ0n) is 15.9. The second-order valence-electron chi connectivity index (χ2n) is 6.14. The zero-order chi connectivity index (χ0) is 21.4. The van der Waals surface area contributed by atoms with Crippen LogP contribution in [0.4, 0.5) is 10.1 Å². The monoisotopic (exact) mass is 456 g/mol. The lowest BCUT2D eigenvalue weighted by molar-refractivity contribution is 0.0956. The molecule has 0 saturated heterocycles. The van der Waals surface area contributed by atoms with Gasteiger partial charge in [-0.05, 0) is 36.4 Å². The number of sulfonamides is 1. The third kappa shape index (κ3) is 6.76. The minimum Gasteiger partial charge on any atom is -0.351 e. The highest BCUT2D eigenvalue weighted by Crippen LogP contribution is 2.23. The summed E-state index contributed by atoms with van der Waals surface area (Å²) in [6, 6.07) is 10.9. The van der Waals surface area contributed by atoms with Crippen molar-refractivity contribution in [2.45, 2.75) is 5.75 Å². The Labute approximate surface area is 180 Å². The molecular weight excluding hydrogens is 435 g/mol. The Morgan fingerprint density at radius 2 is 1.97 bits per heavy atom. The number of nitrogens with one attached hydrogen (secondary N) is 1. The van der Waals surface area contributed by atoms with E-state index in [1.807, 2.05) is 0 Å². The van der Waals surface area contributed by atoms with Gasteiger partial charge in [0.25, 0.3) is 5.91 Å².